The second-order valence-corrected chi connectivity index (χ2v) is 4.91. The van der Waals surface area contributed by atoms with Gasteiger partial charge in [0.2, 0.25) is 0 Å². The van der Waals surface area contributed by atoms with Crippen LogP contribution < -0.4 is 10.6 Å². The quantitative estimate of drug-likeness (QED) is 0.601. The van der Waals surface area contributed by atoms with Gasteiger partial charge >= 0.3 is 0 Å². The van der Waals surface area contributed by atoms with E-state index >= 15 is 0 Å². The zero-order valence-electron chi connectivity index (χ0n) is 11.9. The summed E-state index contributed by atoms with van der Waals surface area (Å²) in [7, 11) is 0. The van der Waals surface area contributed by atoms with E-state index < -0.39 is 0 Å². The summed E-state index contributed by atoms with van der Waals surface area (Å²) in [6.07, 6.45) is 1.84. The average molecular weight is 282 g/mol. The number of fused-ring (bicyclic) bond motifs is 1. The summed E-state index contributed by atoms with van der Waals surface area (Å²) in [5, 5.41) is 23.0. The van der Waals surface area contributed by atoms with E-state index in [2.05, 4.69) is 49.2 Å². The second-order valence-electron chi connectivity index (χ2n) is 4.91. The first-order chi connectivity index (χ1) is 10.3. The van der Waals surface area contributed by atoms with E-state index in [1.54, 1.807) is 0 Å². The molecule has 0 bridgehead atoms. The van der Waals surface area contributed by atoms with Crippen LogP contribution in [0, 0.1) is 6.92 Å². The topological polar surface area (TPSA) is 78.5 Å². The Morgan fingerprint density at radius 3 is 2.90 bits per heavy atom. The number of aromatic amines is 1. The van der Waals surface area contributed by atoms with Crippen LogP contribution >= 0.6 is 0 Å². The molecule has 0 radical (unpaired) electrons. The fourth-order valence-corrected chi connectivity index (χ4v) is 2.17. The minimum atomic E-state index is 0.802. The predicted molar refractivity (Wildman–Crippen MR) is 83.1 cm³/mol. The van der Waals surface area contributed by atoms with Gasteiger partial charge in [-0.15, -0.1) is 5.10 Å². The Kier molecular flexibility index (Phi) is 4.07. The molecule has 3 N–H and O–H groups in total. The number of hydrogen-bond acceptors (Lipinski definition) is 5. The summed E-state index contributed by atoms with van der Waals surface area (Å²) in [4.78, 5) is 0. The van der Waals surface area contributed by atoms with Gasteiger partial charge in [0.1, 0.15) is 5.82 Å². The molecular weight excluding hydrogens is 264 g/mol. The lowest BCUT2D eigenvalue weighted by atomic mass is 10.1. The highest BCUT2D eigenvalue weighted by Gasteiger charge is 2.01. The minimum absolute atomic E-state index is 0.802. The minimum Gasteiger partial charge on any atom is -0.367 e. The Labute approximate surface area is 123 Å². The first-order valence-corrected chi connectivity index (χ1v) is 6.99. The van der Waals surface area contributed by atoms with Crippen molar-refractivity contribution in [1.82, 2.24) is 25.7 Å². The van der Waals surface area contributed by atoms with Gasteiger partial charge in [-0.1, -0.05) is 18.2 Å². The van der Waals surface area contributed by atoms with Crippen LogP contribution in [0.25, 0.3) is 10.9 Å². The Hall–Kier alpha value is -2.47. The molecule has 0 fully saturated rings. The summed E-state index contributed by atoms with van der Waals surface area (Å²) < 4.78 is 0. The number of para-hydroxylation sites is 1. The molecule has 0 spiro atoms. The van der Waals surface area contributed by atoms with Crippen LogP contribution in [-0.2, 0) is 6.54 Å². The molecule has 108 valence electrons. The van der Waals surface area contributed by atoms with Crippen LogP contribution in [0.2, 0.25) is 0 Å². The summed E-state index contributed by atoms with van der Waals surface area (Å²) >= 11 is 0. The fourth-order valence-electron chi connectivity index (χ4n) is 2.17. The van der Waals surface area contributed by atoms with Gasteiger partial charge in [-0.3, -0.25) is 5.10 Å². The van der Waals surface area contributed by atoms with E-state index in [1.165, 1.54) is 5.56 Å². The highest BCUT2D eigenvalue weighted by atomic mass is 15.2. The zero-order valence-corrected chi connectivity index (χ0v) is 11.9. The van der Waals surface area contributed by atoms with Gasteiger partial charge in [0.05, 0.1) is 17.4 Å². The normalized spacial score (nSPS) is 10.9. The lowest BCUT2D eigenvalue weighted by Gasteiger charge is -2.07. The van der Waals surface area contributed by atoms with Crippen molar-refractivity contribution >= 4 is 16.7 Å². The van der Waals surface area contributed by atoms with Gasteiger partial charge in [0, 0.05) is 25.0 Å². The Morgan fingerprint density at radius 1 is 1.10 bits per heavy atom. The zero-order chi connectivity index (χ0) is 14.5. The van der Waals surface area contributed by atoms with Gasteiger partial charge in [0.25, 0.3) is 0 Å². The number of benzene rings is 1. The maximum absolute atomic E-state index is 4.07. The molecule has 6 nitrogen and oxygen atoms in total. The molecule has 0 saturated heterocycles. The number of aromatic nitrogens is 4. The third kappa shape index (κ3) is 3.35. The third-order valence-electron chi connectivity index (χ3n) is 3.28. The molecule has 0 amide bonds. The molecule has 0 atom stereocenters. The number of rotatable bonds is 6. The average Bonchev–Trinajstić information content (AvgIpc) is 2.98. The highest BCUT2D eigenvalue weighted by molar-refractivity contribution is 5.81. The number of hydrogen-bond donors (Lipinski definition) is 3. The molecule has 0 saturated carbocycles. The van der Waals surface area contributed by atoms with Crippen molar-refractivity contribution in [3.8, 4) is 0 Å². The Morgan fingerprint density at radius 2 is 2.05 bits per heavy atom. The van der Waals surface area contributed by atoms with Gasteiger partial charge in [-0.25, -0.2) is 0 Å². The molecule has 0 aliphatic heterocycles. The van der Waals surface area contributed by atoms with Crippen molar-refractivity contribution in [3.63, 3.8) is 0 Å². The van der Waals surface area contributed by atoms with E-state index in [0.29, 0.717) is 0 Å². The molecule has 1 aromatic carbocycles. The molecule has 21 heavy (non-hydrogen) atoms. The van der Waals surface area contributed by atoms with E-state index in [1.807, 2.05) is 25.3 Å². The Balaban J connectivity index is 1.46. The fraction of sp³-hybridized carbons (Fsp3) is 0.267. The number of nitrogens with zero attached hydrogens (tertiary/aromatic N) is 3. The van der Waals surface area contributed by atoms with E-state index in [4.69, 9.17) is 0 Å². The van der Waals surface area contributed by atoms with Crippen molar-refractivity contribution in [3.05, 3.63) is 47.8 Å². The first kappa shape index (κ1) is 13.5. The van der Waals surface area contributed by atoms with Crippen molar-refractivity contribution in [1.29, 1.82) is 0 Å². The smallest absolute Gasteiger partial charge is 0.148 e. The summed E-state index contributed by atoms with van der Waals surface area (Å²) in [5.74, 6) is 0.804. The highest BCUT2D eigenvalue weighted by Crippen LogP contribution is 2.14. The monoisotopic (exact) mass is 282 g/mol. The van der Waals surface area contributed by atoms with Crippen molar-refractivity contribution in [2.45, 2.75) is 13.5 Å². The summed E-state index contributed by atoms with van der Waals surface area (Å²) in [6.45, 7) is 4.38. The number of H-pyrrole nitrogens is 1. The lowest BCUT2D eigenvalue weighted by molar-refractivity contribution is 0.707. The molecule has 3 rings (SSSR count). The molecule has 0 aliphatic carbocycles. The van der Waals surface area contributed by atoms with Crippen LogP contribution in [0.1, 0.15) is 11.3 Å². The molecular formula is C15H18N6. The van der Waals surface area contributed by atoms with Crippen molar-refractivity contribution in [2.75, 3.05) is 18.4 Å². The molecule has 2 heterocycles. The van der Waals surface area contributed by atoms with Crippen LogP contribution in [0.4, 0.5) is 5.82 Å². The molecule has 3 aromatic rings. The van der Waals surface area contributed by atoms with E-state index in [0.717, 1.165) is 42.0 Å². The number of anilines is 1. The van der Waals surface area contributed by atoms with Crippen molar-refractivity contribution < 1.29 is 0 Å². The Bertz CT molecular complexity index is 704. The van der Waals surface area contributed by atoms with Gasteiger partial charge in [0.15, 0.2) is 0 Å². The lowest BCUT2D eigenvalue weighted by Crippen LogP contribution is -2.22. The summed E-state index contributed by atoms with van der Waals surface area (Å²) in [5.41, 5.74) is 3.24. The maximum atomic E-state index is 4.07. The summed E-state index contributed by atoms with van der Waals surface area (Å²) in [6, 6.07) is 10.1. The van der Waals surface area contributed by atoms with E-state index in [-0.39, 0.29) is 0 Å². The SMILES string of the molecule is Cc1ccc(NCCNCc2cccc3cn[nH]c23)nn1. The largest absolute Gasteiger partial charge is 0.367 e. The van der Waals surface area contributed by atoms with Crippen LogP contribution in [0.3, 0.4) is 0 Å². The van der Waals surface area contributed by atoms with Gasteiger partial charge < -0.3 is 10.6 Å². The van der Waals surface area contributed by atoms with E-state index in [9.17, 15) is 0 Å². The predicted octanol–water partition coefficient (Wildman–Crippen LogP) is 1.86. The first-order valence-electron chi connectivity index (χ1n) is 6.99. The van der Waals surface area contributed by atoms with Gasteiger partial charge in [-0.2, -0.15) is 10.2 Å². The standard InChI is InChI=1S/C15H18N6/c1-11-5-6-14(20-19-11)17-8-7-16-9-12-3-2-4-13-10-18-21-15(12)13/h2-6,10,16H,7-9H2,1H3,(H,17,20)(H,18,21). The maximum Gasteiger partial charge on any atom is 0.148 e. The molecule has 6 heteroatoms. The van der Waals surface area contributed by atoms with Gasteiger partial charge in [-0.05, 0) is 24.6 Å². The number of nitrogens with one attached hydrogen (secondary N) is 3. The molecule has 0 unspecified atom stereocenters. The third-order valence-corrected chi connectivity index (χ3v) is 3.28. The van der Waals surface area contributed by atoms with Crippen molar-refractivity contribution in [2.24, 2.45) is 0 Å². The van der Waals surface area contributed by atoms with Crippen LogP contribution in [-0.4, -0.2) is 33.5 Å². The second kappa shape index (κ2) is 6.32. The molecule has 2 aromatic heterocycles. The van der Waals surface area contributed by atoms with Crippen LogP contribution in [0.15, 0.2) is 36.5 Å². The van der Waals surface area contributed by atoms with Crippen LogP contribution in [0.5, 0.6) is 0 Å². The molecule has 0 aliphatic rings. The number of aryl methyl sites for hydroxylation is 1.